The fourth-order valence-electron chi connectivity index (χ4n) is 2.31. The first kappa shape index (κ1) is 17.8. The van der Waals surface area contributed by atoms with Crippen LogP contribution in [0, 0.1) is 5.92 Å². The molecule has 0 nitrogen and oxygen atoms in total. The van der Waals surface area contributed by atoms with Crippen LogP contribution in [0.25, 0.3) is 0 Å². The Labute approximate surface area is 151 Å². The van der Waals surface area contributed by atoms with Gasteiger partial charge in [-0.15, -0.1) is 0 Å². The van der Waals surface area contributed by atoms with E-state index < -0.39 is 0 Å². The van der Waals surface area contributed by atoms with Crippen LogP contribution in [0.3, 0.4) is 0 Å². The van der Waals surface area contributed by atoms with Crippen LogP contribution in [0.15, 0.2) is 91.0 Å². The van der Waals surface area contributed by atoms with Gasteiger partial charge in [-0.2, -0.15) is 0 Å². The second-order valence-electron chi connectivity index (χ2n) is 4.47. The minimum absolute atomic E-state index is 0. The van der Waals surface area contributed by atoms with Crippen molar-refractivity contribution < 1.29 is 37.7 Å². The summed E-state index contributed by atoms with van der Waals surface area (Å²) in [6.45, 7) is 0. The molecular weight excluding hydrogens is 242 g/mol. The van der Waals surface area contributed by atoms with Gasteiger partial charge < -0.3 is 0 Å². The maximum absolute atomic E-state index is 2.16. The van der Waals surface area contributed by atoms with Crippen LogP contribution in [0.5, 0.6) is 0 Å². The topological polar surface area (TPSA) is 0 Å². The summed E-state index contributed by atoms with van der Waals surface area (Å²) in [6, 6.07) is 31.6. The summed E-state index contributed by atoms with van der Waals surface area (Å²) >= 11 is 0. The van der Waals surface area contributed by atoms with Crippen molar-refractivity contribution in [2.75, 3.05) is 0 Å². The van der Waals surface area contributed by atoms with Crippen LogP contribution in [-0.2, 0) is 0 Å². The maximum Gasteiger partial charge on any atom is 1.00 e. The Kier molecular flexibility index (Phi) is 7.52. The zero-order valence-corrected chi connectivity index (χ0v) is 12.7. The van der Waals surface area contributed by atoms with Crippen LogP contribution >= 0.6 is 0 Å². The van der Waals surface area contributed by atoms with E-state index in [-0.39, 0.29) is 37.7 Å². The number of hydrogen-bond acceptors (Lipinski definition) is 0. The first-order chi connectivity index (χ1) is 9.45. The molecule has 3 aromatic rings. The molecular formula is C19H15Li2+. The molecule has 0 fully saturated rings. The predicted octanol–water partition coefficient (Wildman–Crippen LogP) is -1.29. The third kappa shape index (κ3) is 4.34. The third-order valence-electron chi connectivity index (χ3n) is 3.19. The molecule has 21 heavy (non-hydrogen) atoms. The molecule has 0 saturated carbocycles. The van der Waals surface area contributed by atoms with Gasteiger partial charge in [0, 0.05) is 0 Å². The zero-order chi connectivity index (χ0) is 12.9. The number of hydrogen-bond donors (Lipinski definition) is 0. The Bertz CT molecular complexity index is 528. The average Bonchev–Trinajstić information content (AvgIpc) is 2.51. The Morgan fingerprint density at radius 2 is 0.619 bits per heavy atom. The Balaban J connectivity index is 0.00000110. The number of benzene rings is 3. The summed E-state index contributed by atoms with van der Waals surface area (Å²) in [5.74, 6) is 1.28. The van der Waals surface area contributed by atoms with Gasteiger partial charge >= 0.3 is 37.7 Å². The number of rotatable bonds is 3. The Hall–Kier alpha value is -1.28. The molecule has 0 unspecified atom stereocenters. The smallest absolute Gasteiger partial charge is 0.0999 e. The van der Waals surface area contributed by atoms with Gasteiger partial charge in [0.15, 0.2) is 0 Å². The normalized spacial score (nSPS) is 9.14. The summed E-state index contributed by atoms with van der Waals surface area (Å²) < 4.78 is 0. The molecule has 0 aliphatic heterocycles. The van der Waals surface area contributed by atoms with E-state index in [1.54, 1.807) is 0 Å². The van der Waals surface area contributed by atoms with E-state index >= 15 is 0 Å². The van der Waals surface area contributed by atoms with Crippen molar-refractivity contribution in [3.05, 3.63) is 114 Å². The van der Waals surface area contributed by atoms with Gasteiger partial charge in [0.1, 0.15) is 0 Å². The summed E-state index contributed by atoms with van der Waals surface area (Å²) in [5.41, 5.74) is 3.75. The monoisotopic (exact) mass is 257 g/mol. The van der Waals surface area contributed by atoms with Crippen LogP contribution < -0.4 is 37.7 Å². The van der Waals surface area contributed by atoms with E-state index in [1.807, 2.05) is 0 Å². The molecule has 0 heterocycles. The summed E-state index contributed by atoms with van der Waals surface area (Å²) in [5, 5.41) is 0. The van der Waals surface area contributed by atoms with Crippen molar-refractivity contribution in [3.8, 4) is 0 Å². The second-order valence-corrected chi connectivity index (χ2v) is 4.47. The molecule has 0 N–H and O–H groups in total. The van der Waals surface area contributed by atoms with Gasteiger partial charge in [-0.25, -0.2) is 0 Å². The maximum atomic E-state index is 2.16. The largest absolute Gasteiger partial charge is 1.00 e. The predicted molar refractivity (Wildman–Crippen MR) is 79.9 cm³/mol. The zero-order valence-electron chi connectivity index (χ0n) is 12.7. The molecule has 0 spiro atoms. The standard InChI is InChI=1S/C19H15.2Li/c1-4-10-16(11-5-1)19(17-12-6-2-7-13-17)18-14-8-3-9-15-18;;/h1-15H;;/q-1;2*+1. The molecule has 0 atom stereocenters. The van der Waals surface area contributed by atoms with Gasteiger partial charge in [-0.3, -0.25) is 0 Å². The van der Waals surface area contributed by atoms with Crippen molar-refractivity contribution >= 4 is 0 Å². The molecule has 0 aliphatic rings. The summed E-state index contributed by atoms with van der Waals surface area (Å²) in [4.78, 5) is 0. The Morgan fingerprint density at radius 3 is 0.857 bits per heavy atom. The minimum Gasteiger partial charge on any atom is -0.0999 e. The van der Waals surface area contributed by atoms with Crippen LogP contribution in [0.1, 0.15) is 16.7 Å². The Morgan fingerprint density at radius 1 is 0.381 bits per heavy atom. The van der Waals surface area contributed by atoms with E-state index in [1.165, 1.54) is 22.6 Å². The molecule has 0 saturated heterocycles. The third-order valence-corrected chi connectivity index (χ3v) is 3.19. The molecule has 92 valence electrons. The fraction of sp³-hybridized carbons (Fsp3) is 0. The van der Waals surface area contributed by atoms with E-state index in [4.69, 9.17) is 0 Å². The van der Waals surface area contributed by atoms with Crippen LogP contribution in [0.2, 0.25) is 0 Å². The molecule has 0 aromatic heterocycles. The van der Waals surface area contributed by atoms with Crippen LogP contribution in [-0.4, -0.2) is 0 Å². The van der Waals surface area contributed by atoms with Crippen LogP contribution in [0.4, 0.5) is 0 Å². The van der Waals surface area contributed by atoms with E-state index in [0.29, 0.717) is 0 Å². The summed E-state index contributed by atoms with van der Waals surface area (Å²) in [7, 11) is 0. The van der Waals surface area contributed by atoms with E-state index in [9.17, 15) is 0 Å². The first-order valence-corrected chi connectivity index (χ1v) is 6.48. The van der Waals surface area contributed by atoms with Crippen molar-refractivity contribution in [1.82, 2.24) is 0 Å². The molecule has 0 bridgehead atoms. The van der Waals surface area contributed by atoms with Crippen molar-refractivity contribution in [1.29, 1.82) is 0 Å². The molecule has 0 radical (unpaired) electrons. The fourth-order valence-corrected chi connectivity index (χ4v) is 2.31. The molecule has 0 aliphatic carbocycles. The first-order valence-electron chi connectivity index (χ1n) is 6.48. The molecule has 3 aromatic carbocycles. The molecule has 3 rings (SSSR count). The van der Waals surface area contributed by atoms with Crippen molar-refractivity contribution in [2.24, 2.45) is 0 Å². The van der Waals surface area contributed by atoms with Crippen molar-refractivity contribution in [2.45, 2.75) is 0 Å². The SMILES string of the molecule is [Li+].[Li+].c1ccc([C-](c2ccccc2)c2ccccc2)cc1. The van der Waals surface area contributed by atoms with E-state index in [0.717, 1.165) is 0 Å². The van der Waals surface area contributed by atoms with Gasteiger partial charge in [0.2, 0.25) is 0 Å². The average molecular weight is 257 g/mol. The van der Waals surface area contributed by atoms with Gasteiger partial charge in [-0.1, -0.05) is 114 Å². The molecule has 0 amide bonds. The van der Waals surface area contributed by atoms with Gasteiger partial charge in [0.05, 0.1) is 0 Å². The quantitative estimate of drug-likeness (QED) is 0.311. The van der Waals surface area contributed by atoms with Crippen molar-refractivity contribution in [3.63, 3.8) is 0 Å². The van der Waals surface area contributed by atoms with Gasteiger partial charge in [-0.05, 0) is 0 Å². The second kappa shape index (κ2) is 8.89. The minimum atomic E-state index is 0. The van der Waals surface area contributed by atoms with Gasteiger partial charge in [0.25, 0.3) is 0 Å². The summed E-state index contributed by atoms with van der Waals surface area (Å²) in [6.07, 6.45) is 0. The molecule has 2 heteroatoms. The van der Waals surface area contributed by atoms with E-state index in [2.05, 4.69) is 91.0 Å².